The number of fused-ring (bicyclic) bond motifs is 3. The molecule has 0 amide bonds. The van der Waals surface area contributed by atoms with Crippen LogP contribution in [0.25, 0.3) is 112 Å². The van der Waals surface area contributed by atoms with Crippen molar-refractivity contribution in [3.05, 3.63) is 224 Å². The Morgan fingerprint density at radius 2 is 0.738 bits per heavy atom. The minimum absolute atomic E-state index is 0.607. The van der Waals surface area contributed by atoms with Crippen LogP contribution in [0.3, 0.4) is 0 Å². The number of benzene rings is 9. The highest BCUT2D eigenvalue weighted by Crippen LogP contribution is 2.44. The van der Waals surface area contributed by atoms with E-state index in [0.29, 0.717) is 5.82 Å². The monoisotopic (exact) mass is 780 g/mol. The molecule has 0 atom stereocenters. The van der Waals surface area contributed by atoms with E-state index in [2.05, 4.69) is 199 Å². The van der Waals surface area contributed by atoms with Gasteiger partial charge in [0, 0.05) is 16.3 Å². The minimum Gasteiger partial charge on any atom is -0.455 e. The van der Waals surface area contributed by atoms with E-state index in [0.717, 1.165) is 100 Å². The number of H-pyrrole nitrogens is 1. The Morgan fingerprint density at radius 1 is 0.311 bits per heavy atom. The highest BCUT2D eigenvalue weighted by molar-refractivity contribution is 6.16. The van der Waals surface area contributed by atoms with Crippen molar-refractivity contribution >= 4 is 21.9 Å². The largest absolute Gasteiger partial charge is 0.455 e. The van der Waals surface area contributed by atoms with Crippen molar-refractivity contribution in [1.29, 1.82) is 0 Å². The quantitative estimate of drug-likeness (QED) is 0.154. The zero-order valence-electron chi connectivity index (χ0n) is 33.2. The molecule has 4 heteroatoms. The van der Waals surface area contributed by atoms with E-state index in [-0.39, 0.29) is 0 Å². The summed E-state index contributed by atoms with van der Waals surface area (Å²) in [5.41, 5.74) is 15.6. The maximum Gasteiger partial charge on any atom is 0.309 e. The molecule has 0 aliphatic rings. The summed E-state index contributed by atoms with van der Waals surface area (Å²) >= 11 is 0. The lowest BCUT2D eigenvalue weighted by molar-refractivity contribution is -0.359. The van der Waals surface area contributed by atoms with Crippen LogP contribution in [0.5, 0.6) is 0 Å². The van der Waals surface area contributed by atoms with Crippen LogP contribution in [0.2, 0.25) is 0 Å². The van der Waals surface area contributed by atoms with Gasteiger partial charge in [-0.1, -0.05) is 174 Å². The smallest absolute Gasteiger partial charge is 0.309 e. The molecule has 0 fully saturated rings. The maximum atomic E-state index is 6.96. The van der Waals surface area contributed by atoms with Crippen LogP contribution in [0.4, 0.5) is 0 Å². The second-order valence-corrected chi connectivity index (χ2v) is 15.3. The lowest BCUT2D eigenvalue weighted by atomic mass is 9.92. The van der Waals surface area contributed by atoms with E-state index >= 15 is 0 Å². The number of aromatic amines is 1. The van der Waals surface area contributed by atoms with Gasteiger partial charge in [-0.3, -0.25) is 0 Å². The molecule has 0 aliphatic carbocycles. The Kier molecular flexibility index (Phi) is 9.14. The van der Waals surface area contributed by atoms with Crippen molar-refractivity contribution in [3.63, 3.8) is 0 Å². The van der Waals surface area contributed by atoms with E-state index in [1.165, 1.54) is 5.56 Å². The molecule has 0 bridgehead atoms. The third-order valence-electron chi connectivity index (χ3n) is 11.4. The number of hydrogen-bond acceptors (Lipinski definition) is 3. The molecule has 2 aromatic heterocycles. The molecular formula is C57H38N3O+. The molecule has 0 unspecified atom stereocenters. The highest BCUT2D eigenvalue weighted by atomic mass is 16.3. The van der Waals surface area contributed by atoms with E-state index in [9.17, 15) is 0 Å². The highest BCUT2D eigenvalue weighted by Gasteiger charge is 2.25. The standard InChI is InChI=1S/C57H37N3O/c1-5-17-38(18-6-1)42-25-13-28-45(33-42)48-36-50(46-29-14-26-43(34-46)39-19-7-2-8-20-39)54-51(37-48)53-49(31-16-32-52(53)61-54)57-59-55(41-23-11-4-12-24-41)58-56(60-57)47-30-15-27-44(35-47)40-21-9-3-10-22-40/h1-37H/p+1. The van der Waals surface area contributed by atoms with Crippen LogP contribution in [0, 0.1) is 0 Å². The summed E-state index contributed by atoms with van der Waals surface area (Å²) in [6, 6.07) is 78.6. The number of furan rings is 1. The molecule has 0 spiro atoms. The second-order valence-electron chi connectivity index (χ2n) is 15.3. The SMILES string of the molecule is c1ccc(-c2cccc(-c3cc(-c4cccc(-c5ccccc5)c4)c4oc5cccc(-c6nc(-c7ccccc7)[nH+]c(-c7cccc(-c8ccccc8)c7)n6)c5c4c3)c2)cc1. The first-order chi connectivity index (χ1) is 30.2. The van der Waals surface area contributed by atoms with E-state index in [4.69, 9.17) is 14.4 Å². The van der Waals surface area contributed by atoms with Crippen molar-refractivity contribution in [2.24, 2.45) is 0 Å². The maximum absolute atomic E-state index is 6.96. The Hall–Kier alpha value is -8.21. The summed E-state index contributed by atoms with van der Waals surface area (Å²) in [6.07, 6.45) is 0. The summed E-state index contributed by atoms with van der Waals surface area (Å²) in [5, 5.41) is 1.96. The molecule has 2 heterocycles. The number of nitrogens with one attached hydrogen (secondary N) is 1. The first-order valence-electron chi connectivity index (χ1n) is 20.6. The predicted molar refractivity (Wildman–Crippen MR) is 249 cm³/mol. The number of hydrogen-bond donors (Lipinski definition) is 0. The summed E-state index contributed by atoms with van der Waals surface area (Å²) in [4.78, 5) is 14.2. The molecule has 61 heavy (non-hydrogen) atoms. The van der Waals surface area contributed by atoms with E-state index < -0.39 is 0 Å². The lowest BCUT2D eigenvalue weighted by Gasteiger charge is -2.11. The lowest BCUT2D eigenvalue weighted by Crippen LogP contribution is -2.17. The van der Waals surface area contributed by atoms with Crippen LogP contribution in [0.1, 0.15) is 0 Å². The number of rotatable bonds is 8. The van der Waals surface area contributed by atoms with Crippen LogP contribution < -0.4 is 4.98 Å². The molecule has 286 valence electrons. The van der Waals surface area contributed by atoms with Gasteiger partial charge in [0.05, 0.1) is 16.7 Å². The molecule has 0 radical (unpaired) electrons. The van der Waals surface area contributed by atoms with Gasteiger partial charge in [-0.15, -0.1) is 0 Å². The fraction of sp³-hybridized carbons (Fsp3) is 0. The van der Waals surface area contributed by atoms with Crippen molar-refractivity contribution in [2.45, 2.75) is 0 Å². The van der Waals surface area contributed by atoms with Crippen molar-refractivity contribution in [2.75, 3.05) is 0 Å². The summed E-state index contributed by atoms with van der Waals surface area (Å²) in [5.74, 6) is 2.06. The van der Waals surface area contributed by atoms with Crippen molar-refractivity contribution < 1.29 is 9.40 Å². The van der Waals surface area contributed by atoms with Gasteiger partial charge in [-0.05, 0) is 111 Å². The van der Waals surface area contributed by atoms with Gasteiger partial charge in [0.25, 0.3) is 11.6 Å². The number of aromatic nitrogens is 3. The molecule has 11 aromatic rings. The van der Waals surface area contributed by atoms with Crippen LogP contribution >= 0.6 is 0 Å². The van der Waals surface area contributed by atoms with Gasteiger partial charge in [-0.25, -0.2) is 4.98 Å². The summed E-state index contributed by atoms with van der Waals surface area (Å²) in [7, 11) is 0. The summed E-state index contributed by atoms with van der Waals surface area (Å²) < 4.78 is 6.96. The predicted octanol–water partition coefficient (Wildman–Crippen LogP) is 14.5. The van der Waals surface area contributed by atoms with Crippen LogP contribution in [-0.2, 0) is 0 Å². The Labute approximate surface area is 354 Å². The molecule has 1 N–H and O–H groups in total. The van der Waals surface area contributed by atoms with Gasteiger partial charge in [0.2, 0.25) is 0 Å². The van der Waals surface area contributed by atoms with Gasteiger partial charge in [0.15, 0.2) is 0 Å². The van der Waals surface area contributed by atoms with E-state index in [1.807, 2.05) is 30.3 Å². The summed E-state index contributed by atoms with van der Waals surface area (Å²) in [6.45, 7) is 0. The normalized spacial score (nSPS) is 11.3. The second kappa shape index (κ2) is 15.5. The molecule has 9 aromatic carbocycles. The van der Waals surface area contributed by atoms with Crippen LogP contribution in [-0.4, -0.2) is 9.97 Å². The minimum atomic E-state index is 0.607. The number of nitrogens with zero attached hydrogens (tertiary/aromatic N) is 2. The average molecular weight is 781 g/mol. The molecule has 0 saturated carbocycles. The average Bonchev–Trinajstić information content (AvgIpc) is 3.74. The molecule has 4 nitrogen and oxygen atoms in total. The Bertz CT molecular complexity index is 3340. The first kappa shape index (κ1) is 35.9. The zero-order valence-corrected chi connectivity index (χ0v) is 33.2. The van der Waals surface area contributed by atoms with Crippen LogP contribution in [0.15, 0.2) is 229 Å². The third-order valence-corrected chi connectivity index (χ3v) is 11.4. The third kappa shape index (κ3) is 6.96. The van der Waals surface area contributed by atoms with Gasteiger partial charge < -0.3 is 4.42 Å². The first-order valence-corrected chi connectivity index (χ1v) is 20.6. The Balaban J connectivity index is 1.15. The molecular weight excluding hydrogens is 743 g/mol. The molecule has 11 rings (SSSR count). The van der Waals surface area contributed by atoms with Crippen molar-refractivity contribution in [1.82, 2.24) is 9.97 Å². The molecule has 0 saturated heterocycles. The molecule has 0 aliphatic heterocycles. The van der Waals surface area contributed by atoms with Gasteiger partial charge in [-0.2, -0.15) is 0 Å². The van der Waals surface area contributed by atoms with Crippen molar-refractivity contribution in [3.8, 4) is 89.8 Å². The zero-order chi connectivity index (χ0) is 40.5. The van der Waals surface area contributed by atoms with Gasteiger partial charge >= 0.3 is 5.82 Å². The fourth-order valence-corrected chi connectivity index (χ4v) is 8.37. The topological polar surface area (TPSA) is 53.1 Å². The van der Waals surface area contributed by atoms with E-state index in [1.54, 1.807) is 0 Å². The Morgan fingerprint density at radius 3 is 1.31 bits per heavy atom. The van der Waals surface area contributed by atoms with Gasteiger partial charge in [0.1, 0.15) is 11.2 Å². The fourth-order valence-electron chi connectivity index (χ4n) is 8.37.